The molecule has 142 valence electrons. The molecule has 27 heavy (non-hydrogen) atoms. The Morgan fingerprint density at radius 2 is 1.81 bits per heavy atom. The molecular weight excluding hydrogens is 374 g/mol. The summed E-state index contributed by atoms with van der Waals surface area (Å²) < 4.78 is 30.2. The summed E-state index contributed by atoms with van der Waals surface area (Å²) in [6.45, 7) is 2.45. The van der Waals surface area contributed by atoms with Gasteiger partial charge in [-0.25, -0.2) is 4.90 Å². The third-order valence-electron chi connectivity index (χ3n) is 3.97. The summed E-state index contributed by atoms with van der Waals surface area (Å²) in [5.74, 6) is -2.50. The number of carbonyl (C=O) groups is 2. The normalized spacial score (nSPS) is 16.9. The molecule has 1 N–H and O–H groups in total. The van der Waals surface area contributed by atoms with Gasteiger partial charge in [0.15, 0.2) is 0 Å². The number of thioether (sulfide) groups is 1. The number of anilines is 2. The Morgan fingerprint density at radius 3 is 2.41 bits per heavy atom. The molecule has 2 aromatic rings. The van der Waals surface area contributed by atoms with Gasteiger partial charge in [-0.05, 0) is 55.5 Å². The van der Waals surface area contributed by atoms with E-state index in [0.717, 1.165) is 10.6 Å². The maximum atomic E-state index is 12.6. The highest BCUT2D eigenvalue weighted by molar-refractivity contribution is 7.99. The number of nitrogens with zero attached hydrogens (tertiary/aromatic N) is 1. The lowest BCUT2D eigenvalue weighted by Gasteiger charge is -2.16. The first-order chi connectivity index (χ1) is 13.0. The Balaban J connectivity index is 1.69. The van der Waals surface area contributed by atoms with Crippen LogP contribution in [0.25, 0.3) is 0 Å². The van der Waals surface area contributed by atoms with Crippen molar-refractivity contribution in [1.82, 2.24) is 0 Å². The Kier molecular flexibility index (Phi) is 5.95. The Labute approximate surface area is 159 Å². The molecule has 0 saturated carbocycles. The minimum atomic E-state index is -2.52. The van der Waals surface area contributed by atoms with Gasteiger partial charge in [0.2, 0.25) is 5.91 Å². The Bertz CT molecular complexity index is 813. The number of benzene rings is 2. The first kappa shape index (κ1) is 19.2. The lowest BCUT2D eigenvalue weighted by Crippen LogP contribution is -2.34. The van der Waals surface area contributed by atoms with E-state index in [1.807, 2.05) is 6.92 Å². The summed E-state index contributed by atoms with van der Waals surface area (Å²) in [7, 11) is 0. The summed E-state index contributed by atoms with van der Waals surface area (Å²) >= 11 is 0.414. The topological polar surface area (TPSA) is 58.6 Å². The summed E-state index contributed by atoms with van der Waals surface area (Å²) in [5.41, 5.74) is 1.08. The van der Waals surface area contributed by atoms with E-state index in [1.165, 1.54) is 24.3 Å². The number of amides is 2. The van der Waals surface area contributed by atoms with E-state index in [0.29, 0.717) is 34.6 Å². The number of ether oxygens (including phenoxy) is 1. The van der Waals surface area contributed by atoms with Crippen LogP contribution in [0.3, 0.4) is 0 Å². The smallest absolute Gasteiger partial charge is 0.288 e. The molecule has 2 aromatic carbocycles. The molecule has 0 bridgehead atoms. The average molecular weight is 392 g/mol. The number of rotatable bonds is 7. The SMILES string of the molecule is CCOc1ccc(N[C@@H]2CC(=O)N(c3ccc(SC(F)F)cc3)C2=O)cc1. The Morgan fingerprint density at radius 1 is 1.15 bits per heavy atom. The second kappa shape index (κ2) is 8.39. The number of carbonyl (C=O) groups excluding carboxylic acids is 2. The predicted molar refractivity (Wildman–Crippen MR) is 100 cm³/mol. The summed E-state index contributed by atoms with van der Waals surface area (Å²) in [5, 5.41) is 3.06. The van der Waals surface area contributed by atoms with Gasteiger partial charge in [-0.2, -0.15) is 8.78 Å². The molecule has 1 fully saturated rings. The van der Waals surface area contributed by atoms with E-state index in [2.05, 4.69) is 5.32 Å². The molecule has 1 saturated heterocycles. The van der Waals surface area contributed by atoms with Crippen LogP contribution in [0.4, 0.5) is 20.2 Å². The van der Waals surface area contributed by atoms with Crippen LogP contribution in [0.15, 0.2) is 53.4 Å². The van der Waals surface area contributed by atoms with Gasteiger partial charge in [0.05, 0.1) is 18.7 Å². The van der Waals surface area contributed by atoms with Crippen LogP contribution in [0.5, 0.6) is 5.75 Å². The summed E-state index contributed by atoms with van der Waals surface area (Å²) in [6, 6.07) is 12.4. The molecule has 1 atom stereocenters. The fourth-order valence-electron chi connectivity index (χ4n) is 2.81. The van der Waals surface area contributed by atoms with Crippen molar-refractivity contribution in [3.63, 3.8) is 0 Å². The predicted octanol–water partition coefficient (Wildman–Crippen LogP) is 4.14. The molecule has 0 aromatic heterocycles. The highest BCUT2D eigenvalue weighted by Gasteiger charge is 2.39. The van der Waals surface area contributed by atoms with Gasteiger partial charge < -0.3 is 10.1 Å². The highest BCUT2D eigenvalue weighted by Crippen LogP contribution is 2.30. The van der Waals surface area contributed by atoms with Gasteiger partial charge in [-0.15, -0.1) is 0 Å². The van der Waals surface area contributed by atoms with Gasteiger partial charge in [-0.3, -0.25) is 9.59 Å². The van der Waals surface area contributed by atoms with Crippen LogP contribution < -0.4 is 15.0 Å². The third-order valence-corrected chi connectivity index (χ3v) is 4.70. The van der Waals surface area contributed by atoms with Gasteiger partial charge in [0.1, 0.15) is 11.8 Å². The fraction of sp³-hybridized carbons (Fsp3) is 0.263. The number of hydrogen-bond donors (Lipinski definition) is 1. The fourth-order valence-corrected chi connectivity index (χ4v) is 3.31. The van der Waals surface area contributed by atoms with Crippen LogP contribution in [-0.2, 0) is 9.59 Å². The monoisotopic (exact) mass is 392 g/mol. The lowest BCUT2D eigenvalue weighted by atomic mass is 10.2. The highest BCUT2D eigenvalue weighted by atomic mass is 32.2. The van der Waals surface area contributed by atoms with Crippen molar-refractivity contribution in [3.8, 4) is 5.75 Å². The zero-order chi connectivity index (χ0) is 19.4. The molecule has 0 aliphatic carbocycles. The molecule has 0 unspecified atom stereocenters. The zero-order valence-corrected chi connectivity index (χ0v) is 15.3. The molecule has 1 heterocycles. The number of hydrogen-bond acceptors (Lipinski definition) is 5. The number of alkyl halides is 2. The molecule has 8 heteroatoms. The number of imide groups is 1. The zero-order valence-electron chi connectivity index (χ0n) is 14.5. The summed E-state index contributed by atoms with van der Waals surface area (Å²) in [4.78, 5) is 26.4. The molecule has 1 aliphatic heterocycles. The molecule has 0 radical (unpaired) electrons. The van der Waals surface area contributed by atoms with E-state index in [1.54, 1.807) is 24.3 Å². The molecule has 3 rings (SSSR count). The standard InChI is InChI=1S/C19H18F2N2O3S/c1-2-26-14-7-3-12(4-8-14)22-16-11-17(24)23(18(16)25)13-5-9-15(10-6-13)27-19(20)21/h3-10,16,19,22H,2,11H2,1H3/t16-/m1/s1. The van der Waals surface area contributed by atoms with Crippen molar-refractivity contribution >= 4 is 35.0 Å². The minimum Gasteiger partial charge on any atom is -0.494 e. The van der Waals surface area contributed by atoms with Gasteiger partial charge >= 0.3 is 0 Å². The lowest BCUT2D eigenvalue weighted by molar-refractivity contribution is -0.121. The number of halogens is 2. The maximum Gasteiger partial charge on any atom is 0.288 e. The van der Waals surface area contributed by atoms with Crippen molar-refractivity contribution in [1.29, 1.82) is 0 Å². The summed E-state index contributed by atoms with van der Waals surface area (Å²) in [6.07, 6.45) is 0.0274. The van der Waals surface area contributed by atoms with E-state index < -0.39 is 11.8 Å². The van der Waals surface area contributed by atoms with Crippen LogP contribution in [0.1, 0.15) is 13.3 Å². The van der Waals surface area contributed by atoms with Crippen molar-refractivity contribution in [2.75, 3.05) is 16.8 Å². The second-order valence-corrected chi connectivity index (χ2v) is 6.86. The van der Waals surface area contributed by atoms with Gasteiger partial charge in [-0.1, -0.05) is 11.8 Å². The molecule has 1 aliphatic rings. The van der Waals surface area contributed by atoms with Gasteiger partial charge in [0.25, 0.3) is 11.7 Å². The van der Waals surface area contributed by atoms with Crippen LogP contribution in [-0.4, -0.2) is 30.2 Å². The van der Waals surface area contributed by atoms with E-state index in [4.69, 9.17) is 4.74 Å². The quantitative estimate of drug-likeness (QED) is 0.567. The molecular formula is C19H18F2N2O3S. The van der Waals surface area contributed by atoms with E-state index in [-0.39, 0.29) is 18.2 Å². The largest absolute Gasteiger partial charge is 0.494 e. The van der Waals surface area contributed by atoms with E-state index >= 15 is 0 Å². The van der Waals surface area contributed by atoms with Crippen molar-refractivity contribution in [3.05, 3.63) is 48.5 Å². The van der Waals surface area contributed by atoms with Crippen molar-refractivity contribution in [2.45, 2.75) is 30.0 Å². The third kappa shape index (κ3) is 4.57. The van der Waals surface area contributed by atoms with Crippen LogP contribution in [0, 0.1) is 0 Å². The first-order valence-electron chi connectivity index (χ1n) is 8.39. The number of nitrogens with one attached hydrogen (secondary N) is 1. The maximum absolute atomic E-state index is 12.6. The minimum absolute atomic E-state index is 0.0274. The van der Waals surface area contributed by atoms with Crippen molar-refractivity contribution < 1.29 is 23.1 Å². The second-order valence-electron chi connectivity index (χ2n) is 5.80. The molecule has 5 nitrogen and oxygen atoms in total. The van der Waals surface area contributed by atoms with Crippen molar-refractivity contribution in [2.24, 2.45) is 0 Å². The average Bonchev–Trinajstić information content (AvgIpc) is 2.91. The van der Waals surface area contributed by atoms with E-state index in [9.17, 15) is 18.4 Å². The van der Waals surface area contributed by atoms with Gasteiger partial charge in [0, 0.05) is 10.6 Å². The van der Waals surface area contributed by atoms with Crippen LogP contribution >= 0.6 is 11.8 Å². The Hall–Kier alpha value is -2.61. The first-order valence-corrected chi connectivity index (χ1v) is 9.27. The molecule has 0 spiro atoms. The van der Waals surface area contributed by atoms with Crippen LogP contribution in [0.2, 0.25) is 0 Å². The molecule has 2 amide bonds.